The molecule has 0 aromatic rings. The lowest BCUT2D eigenvalue weighted by atomic mass is 10.2. The van der Waals surface area contributed by atoms with E-state index in [-0.39, 0.29) is 6.04 Å². The highest BCUT2D eigenvalue weighted by atomic mass is 16.3. The van der Waals surface area contributed by atoms with Gasteiger partial charge < -0.3 is 10.8 Å². The van der Waals surface area contributed by atoms with Crippen LogP contribution in [0.5, 0.6) is 0 Å². The maximum Gasteiger partial charge on any atom is 0.321 e. The molecule has 0 spiro atoms. The number of carbonyl (C=O) groups is 2. The number of hydrogen-bond donors (Lipinski definition) is 2. The average molecular weight is 174 g/mol. The summed E-state index contributed by atoms with van der Waals surface area (Å²) in [6.45, 7) is 2.83. The summed E-state index contributed by atoms with van der Waals surface area (Å²) in [6, 6.07) is -1.08. The Labute approximate surface area is 71.1 Å². The number of rotatable bonds is 3. The van der Waals surface area contributed by atoms with Crippen molar-refractivity contribution in [1.29, 1.82) is 0 Å². The molecule has 0 aliphatic rings. The molecule has 0 aliphatic heterocycles. The summed E-state index contributed by atoms with van der Waals surface area (Å²) < 4.78 is 0. The Morgan fingerprint density at radius 3 is 2.33 bits per heavy atom. The van der Waals surface area contributed by atoms with E-state index in [1.807, 2.05) is 6.92 Å². The number of primary amides is 1. The molecule has 0 aliphatic carbocycles. The van der Waals surface area contributed by atoms with Crippen molar-refractivity contribution in [1.82, 2.24) is 4.90 Å². The lowest BCUT2D eigenvalue weighted by Crippen LogP contribution is -2.47. The summed E-state index contributed by atoms with van der Waals surface area (Å²) in [5, 5.41) is 8.50. The predicted octanol–water partition coefficient (Wildman–Crippen LogP) is -0.315. The first-order valence-corrected chi connectivity index (χ1v) is 3.76. The second-order valence-electron chi connectivity index (χ2n) is 2.52. The quantitative estimate of drug-likeness (QED) is 0.615. The molecule has 0 saturated heterocycles. The summed E-state index contributed by atoms with van der Waals surface area (Å²) in [7, 11) is 0. The van der Waals surface area contributed by atoms with Gasteiger partial charge in [-0.15, -0.1) is 0 Å². The molecule has 0 saturated carbocycles. The highest BCUT2D eigenvalue weighted by Crippen LogP contribution is 2.02. The molecule has 0 rings (SSSR count). The number of nitrogens with two attached hydrogens (primary N) is 1. The summed E-state index contributed by atoms with van der Waals surface area (Å²) in [4.78, 5) is 22.5. The third kappa shape index (κ3) is 2.50. The lowest BCUT2D eigenvalue weighted by molar-refractivity contribution is -0.132. The first kappa shape index (κ1) is 10.9. The predicted molar refractivity (Wildman–Crippen MR) is 43.3 cm³/mol. The fourth-order valence-electron chi connectivity index (χ4n) is 0.845. The van der Waals surface area contributed by atoms with Gasteiger partial charge >= 0.3 is 6.03 Å². The Hall–Kier alpha value is -1.10. The van der Waals surface area contributed by atoms with Crippen molar-refractivity contribution in [3.05, 3.63) is 0 Å². The topological polar surface area (TPSA) is 83.6 Å². The van der Waals surface area contributed by atoms with E-state index in [1.165, 1.54) is 0 Å². The Balaban J connectivity index is 4.43. The van der Waals surface area contributed by atoms with Crippen LogP contribution >= 0.6 is 0 Å². The number of nitrogens with zero attached hydrogens (tertiary/aromatic N) is 1. The van der Waals surface area contributed by atoms with Crippen LogP contribution in [0.3, 0.4) is 0 Å². The van der Waals surface area contributed by atoms with Gasteiger partial charge in [0.1, 0.15) is 6.61 Å². The summed E-state index contributed by atoms with van der Waals surface area (Å²) >= 11 is 0. The van der Waals surface area contributed by atoms with E-state index in [4.69, 9.17) is 10.8 Å². The highest BCUT2D eigenvalue weighted by Gasteiger charge is 2.22. The Morgan fingerprint density at radius 1 is 1.58 bits per heavy atom. The van der Waals surface area contributed by atoms with Crippen LogP contribution in [0.25, 0.3) is 0 Å². The van der Waals surface area contributed by atoms with E-state index in [0.29, 0.717) is 6.42 Å². The Kier molecular flexibility index (Phi) is 4.28. The lowest BCUT2D eigenvalue weighted by Gasteiger charge is -2.23. The van der Waals surface area contributed by atoms with Gasteiger partial charge in [0.05, 0.1) is 0 Å². The molecule has 1 atom stereocenters. The molecule has 0 bridgehead atoms. The number of imide groups is 1. The molecular weight excluding hydrogens is 160 g/mol. The van der Waals surface area contributed by atoms with Crippen molar-refractivity contribution in [2.75, 3.05) is 6.61 Å². The van der Waals surface area contributed by atoms with Crippen molar-refractivity contribution in [3.8, 4) is 0 Å². The van der Waals surface area contributed by atoms with Crippen molar-refractivity contribution in [2.45, 2.75) is 26.3 Å². The Morgan fingerprint density at radius 2 is 2.08 bits per heavy atom. The fourth-order valence-corrected chi connectivity index (χ4v) is 0.845. The van der Waals surface area contributed by atoms with E-state index in [1.54, 1.807) is 6.92 Å². The molecule has 0 fully saturated rings. The van der Waals surface area contributed by atoms with Gasteiger partial charge in [0.15, 0.2) is 0 Å². The summed E-state index contributed by atoms with van der Waals surface area (Å²) in [5.41, 5.74) is 4.94. The zero-order valence-electron chi connectivity index (χ0n) is 7.28. The van der Waals surface area contributed by atoms with E-state index < -0.39 is 18.5 Å². The van der Waals surface area contributed by atoms with Gasteiger partial charge in [-0.2, -0.15) is 0 Å². The minimum Gasteiger partial charge on any atom is -0.387 e. The van der Waals surface area contributed by atoms with Crippen LogP contribution in [0.1, 0.15) is 20.3 Å². The van der Waals surface area contributed by atoms with Crippen LogP contribution in [0.4, 0.5) is 4.79 Å². The van der Waals surface area contributed by atoms with E-state index in [9.17, 15) is 9.59 Å². The number of amides is 3. The van der Waals surface area contributed by atoms with Crippen molar-refractivity contribution in [2.24, 2.45) is 5.73 Å². The van der Waals surface area contributed by atoms with Gasteiger partial charge in [-0.05, 0) is 13.3 Å². The van der Waals surface area contributed by atoms with Crippen LogP contribution < -0.4 is 5.73 Å². The normalized spacial score (nSPS) is 12.2. The fraction of sp³-hybridized carbons (Fsp3) is 0.714. The first-order valence-electron chi connectivity index (χ1n) is 3.76. The Bertz CT molecular complexity index is 181. The molecule has 1 unspecified atom stereocenters. The number of urea groups is 1. The third-order valence-corrected chi connectivity index (χ3v) is 1.67. The van der Waals surface area contributed by atoms with Gasteiger partial charge in [-0.3, -0.25) is 9.69 Å². The van der Waals surface area contributed by atoms with E-state index >= 15 is 0 Å². The second kappa shape index (κ2) is 4.71. The molecular formula is C7H14N2O3. The molecule has 5 nitrogen and oxygen atoms in total. The largest absolute Gasteiger partial charge is 0.387 e. The molecule has 3 amide bonds. The third-order valence-electron chi connectivity index (χ3n) is 1.67. The van der Waals surface area contributed by atoms with Crippen molar-refractivity contribution < 1.29 is 14.7 Å². The molecule has 0 aromatic carbocycles. The average Bonchev–Trinajstić information content (AvgIpc) is 2.03. The maximum atomic E-state index is 10.9. The van der Waals surface area contributed by atoms with Gasteiger partial charge in [0.25, 0.3) is 5.91 Å². The second-order valence-corrected chi connectivity index (χ2v) is 2.52. The maximum absolute atomic E-state index is 10.9. The summed E-state index contributed by atoms with van der Waals surface area (Å²) in [6.07, 6.45) is 0.620. The highest BCUT2D eigenvalue weighted by molar-refractivity contribution is 5.94. The van der Waals surface area contributed by atoms with Crippen LogP contribution in [-0.2, 0) is 4.79 Å². The molecule has 3 N–H and O–H groups in total. The minimum atomic E-state index is -0.816. The van der Waals surface area contributed by atoms with Crippen LogP contribution in [0, 0.1) is 0 Å². The van der Waals surface area contributed by atoms with E-state index in [2.05, 4.69) is 0 Å². The first-order chi connectivity index (χ1) is 5.54. The number of aliphatic hydroxyl groups is 1. The zero-order chi connectivity index (χ0) is 9.72. The van der Waals surface area contributed by atoms with Gasteiger partial charge in [0, 0.05) is 6.04 Å². The van der Waals surface area contributed by atoms with Crippen molar-refractivity contribution >= 4 is 11.9 Å². The van der Waals surface area contributed by atoms with Gasteiger partial charge in [-0.25, -0.2) is 4.79 Å². The van der Waals surface area contributed by atoms with Gasteiger partial charge in [0.2, 0.25) is 0 Å². The molecule has 0 heterocycles. The number of aliphatic hydroxyl groups excluding tert-OH is 1. The minimum absolute atomic E-state index is 0.262. The van der Waals surface area contributed by atoms with Crippen molar-refractivity contribution in [3.63, 3.8) is 0 Å². The van der Waals surface area contributed by atoms with E-state index in [0.717, 1.165) is 4.90 Å². The van der Waals surface area contributed by atoms with Crippen LogP contribution in [-0.4, -0.2) is 34.6 Å². The monoisotopic (exact) mass is 174 g/mol. The summed E-state index contributed by atoms with van der Waals surface area (Å²) in [5.74, 6) is -0.656. The van der Waals surface area contributed by atoms with Crippen LogP contribution in [0.2, 0.25) is 0 Å². The zero-order valence-corrected chi connectivity index (χ0v) is 7.28. The molecule has 0 aromatic heterocycles. The number of carbonyl (C=O) groups excluding carboxylic acids is 2. The SMILES string of the molecule is CCC(C)N(C(N)=O)C(=O)CO. The molecule has 12 heavy (non-hydrogen) atoms. The molecule has 0 radical (unpaired) electrons. The molecule has 70 valence electrons. The standard InChI is InChI=1S/C7H14N2O3/c1-3-5(2)9(7(8)12)6(11)4-10/h5,10H,3-4H2,1-2H3,(H2,8,12). The smallest absolute Gasteiger partial charge is 0.321 e. The number of hydrogen-bond acceptors (Lipinski definition) is 3. The molecule has 5 heteroatoms. The van der Waals surface area contributed by atoms with Crippen LogP contribution in [0.15, 0.2) is 0 Å². The van der Waals surface area contributed by atoms with Gasteiger partial charge in [-0.1, -0.05) is 6.92 Å².